The molecule has 3 aromatic rings. The van der Waals surface area contributed by atoms with Crippen LogP contribution in [-0.2, 0) is 6.54 Å². The molecule has 0 saturated heterocycles. The SMILES string of the molecule is NCc1nc(-c2ccccc2)c(-c2ccccc2F)s1. The summed E-state index contributed by atoms with van der Waals surface area (Å²) in [4.78, 5) is 5.37. The van der Waals surface area contributed by atoms with E-state index in [1.807, 2.05) is 36.4 Å². The van der Waals surface area contributed by atoms with Gasteiger partial charge in [0, 0.05) is 17.7 Å². The fourth-order valence-corrected chi connectivity index (χ4v) is 3.06. The van der Waals surface area contributed by atoms with Crippen molar-refractivity contribution >= 4 is 11.3 Å². The van der Waals surface area contributed by atoms with Crippen molar-refractivity contribution in [2.45, 2.75) is 6.54 Å². The molecule has 4 heteroatoms. The average molecular weight is 284 g/mol. The Bertz CT molecular complexity index is 722. The summed E-state index contributed by atoms with van der Waals surface area (Å²) < 4.78 is 14.0. The van der Waals surface area contributed by atoms with Gasteiger partial charge in [0.2, 0.25) is 0 Å². The highest BCUT2D eigenvalue weighted by Gasteiger charge is 2.16. The second kappa shape index (κ2) is 5.53. The molecule has 0 amide bonds. The molecule has 0 atom stereocenters. The fourth-order valence-electron chi connectivity index (χ4n) is 2.07. The van der Waals surface area contributed by atoms with Gasteiger partial charge in [-0.2, -0.15) is 0 Å². The van der Waals surface area contributed by atoms with Crippen molar-refractivity contribution in [3.8, 4) is 21.7 Å². The molecule has 0 aliphatic heterocycles. The maximum absolute atomic E-state index is 14.0. The highest BCUT2D eigenvalue weighted by molar-refractivity contribution is 7.15. The lowest BCUT2D eigenvalue weighted by molar-refractivity contribution is 0.631. The van der Waals surface area contributed by atoms with E-state index in [1.54, 1.807) is 12.1 Å². The Morgan fingerprint density at radius 1 is 1.00 bits per heavy atom. The average Bonchev–Trinajstić information content (AvgIpc) is 2.93. The van der Waals surface area contributed by atoms with Crippen molar-refractivity contribution in [1.82, 2.24) is 4.98 Å². The van der Waals surface area contributed by atoms with Crippen molar-refractivity contribution in [3.05, 3.63) is 65.4 Å². The molecule has 100 valence electrons. The van der Waals surface area contributed by atoms with E-state index in [0.29, 0.717) is 12.1 Å². The molecular formula is C16H13FN2S. The second-order valence-corrected chi connectivity index (χ2v) is 5.42. The third-order valence-electron chi connectivity index (χ3n) is 3.01. The van der Waals surface area contributed by atoms with Gasteiger partial charge in [-0.3, -0.25) is 0 Å². The largest absolute Gasteiger partial charge is 0.325 e. The van der Waals surface area contributed by atoms with Gasteiger partial charge in [-0.15, -0.1) is 11.3 Å². The van der Waals surface area contributed by atoms with Gasteiger partial charge in [-0.05, 0) is 6.07 Å². The minimum Gasteiger partial charge on any atom is -0.325 e. The maximum atomic E-state index is 14.0. The van der Waals surface area contributed by atoms with E-state index in [9.17, 15) is 4.39 Å². The predicted molar refractivity (Wildman–Crippen MR) is 80.8 cm³/mol. The molecule has 0 bridgehead atoms. The summed E-state index contributed by atoms with van der Waals surface area (Å²) >= 11 is 1.45. The van der Waals surface area contributed by atoms with Crippen molar-refractivity contribution < 1.29 is 4.39 Å². The lowest BCUT2D eigenvalue weighted by atomic mass is 10.1. The van der Waals surface area contributed by atoms with Gasteiger partial charge < -0.3 is 5.73 Å². The summed E-state index contributed by atoms with van der Waals surface area (Å²) in [6.45, 7) is 0.360. The minimum absolute atomic E-state index is 0.239. The highest BCUT2D eigenvalue weighted by atomic mass is 32.1. The molecule has 3 rings (SSSR count). The molecular weight excluding hydrogens is 271 g/mol. The Hall–Kier alpha value is -2.04. The van der Waals surface area contributed by atoms with Gasteiger partial charge in [0.1, 0.15) is 10.8 Å². The number of hydrogen-bond donors (Lipinski definition) is 1. The van der Waals surface area contributed by atoms with Crippen LogP contribution in [0.2, 0.25) is 0 Å². The summed E-state index contributed by atoms with van der Waals surface area (Å²) in [7, 11) is 0. The van der Waals surface area contributed by atoms with Crippen LogP contribution in [0.5, 0.6) is 0 Å². The summed E-state index contributed by atoms with van der Waals surface area (Å²) in [5, 5.41) is 0.808. The molecule has 0 unspecified atom stereocenters. The minimum atomic E-state index is -0.239. The van der Waals surface area contributed by atoms with Gasteiger partial charge >= 0.3 is 0 Å². The number of hydrogen-bond acceptors (Lipinski definition) is 3. The van der Waals surface area contributed by atoms with Crippen LogP contribution in [0, 0.1) is 5.82 Å². The molecule has 0 fully saturated rings. The summed E-state index contributed by atoms with van der Waals surface area (Å²) in [5.74, 6) is -0.239. The Balaban J connectivity index is 2.21. The first kappa shape index (κ1) is 13.0. The third-order valence-corrected chi connectivity index (χ3v) is 4.12. The topological polar surface area (TPSA) is 38.9 Å². The molecule has 0 aliphatic carbocycles. The van der Waals surface area contributed by atoms with Crippen LogP contribution in [0.4, 0.5) is 4.39 Å². The maximum Gasteiger partial charge on any atom is 0.131 e. The smallest absolute Gasteiger partial charge is 0.131 e. The van der Waals surface area contributed by atoms with Crippen molar-refractivity contribution in [3.63, 3.8) is 0 Å². The van der Waals surface area contributed by atoms with Gasteiger partial charge in [-0.1, -0.05) is 48.5 Å². The summed E-state index contributed by atoms with van der Waals surface area (Å²) in [6.07, 6.45) is 0. The van der Waals surface area contributed by atoms with E-state index in [2.05, 4.69) is 4.98 Å². The number of halogens is 1. The molecule has 2 nitrogen and oxygen atoms in total. The van der Waals surface area contributed by atoms with Crippen molar-refractivity contribution in [2.75, 3.05) is 0 Å². The third kappa shape index (κ3) is 2.35. The number of benzene rings is 2. The van der Waals surface area contributed by atoms with Gasteiger partial charge in [0.05, 0.1) is 10.6 Å². The first-order valence-corrected chi connectivity index (χ1v) is 7.11. The molecule has 0 spiro atoms. The lowest BCUT2D eigenvalue weighted by Crippen LogP contribution is -1.94. The summed E-state index contributed by atoms with van der Waals surface area (Å²) in [5.41, 5.74) is 8.02. The van der Waals surface area contributed by atoms with Crippen LogP contribution in [0.15, 0.2) is 54.6 Å². The quantitative estimate of drug-likeness (QED) is 0.787. The molecule has 0 saturated carbocycles. The van der Waals surface area contributed by atoms with Crippen LogP contribution in [0.3, 0.4) is 0 Å². The van der Waals surface area contributed by atoms with E-state index in [0.717, 1.165) is 21.1 Å². The Morgan fingerprint density at radius 3 is 2.40 bits per heavy atom. The number of rotatable bonds is 3. The molecule has 2 aromatic carbocycles. The van der Waals surface area contributed by atoms with Crippen LogP contribution >= 0.6 is 11.3 Å². The fraction of sp³-hybridized carbons (Fsp3) is 0.0625. The van der Waals surface area contributed by atoms with E-state index in [-0.39, 0.29) is 5.82 Å². The second-order valence-electron chi connectivity index (χ2n) is 4.34. The van der Waals surface area contributed by atoms with Gasteiger partial charge in [0.25, 0.3) is 0 Å². The van der Waals surface area contributed by atoms with Crippen molar-refractivity contribution in [1.29, 1.82) is 0 Å². The molecule has 0 aliphatic rings. The van der Waals surface area contributed by atoms with E-state index < -0.39 is 0 Å². The Labute approximate surface area is 120 Å². The Kier molecular flexibility index (Phi) is 3.58. The number of thiazole rings is 1. The van der Waals surface area contributed by atoms with Crippen LogP contribution in [-0.4, -0.2) is 4.98 Å². The summed E-state index contributed by atoms with van der Waals surface area (Å²) in [6, 6.07) is 16.5. The van der Waals surface area contributed by atoms with Crippen LogP contribution in [0.25, 0.3) is 21.7 Å². The normalized spacial score (nSPS) is 10.7. The molecule has 20 heavy (non-hydrogen) atoms. The molecule has 1 heterocycles. The number of nitrogens with two attached hydrogens (primary N) is 1. The Morgan fingerprint density at radius 2 is 1.70 bits per heavy atom. The van der Waals surface area contributed by atoms with Crippen LogP contribution < -0.4 is 5.73 Å². The van der Waals surface area contributed by atoms with E-state index in [1.165, 1.54) is 17.4 Å². The first-order valence-electron chi connectivity index (χ1n) is 6.29. The van der Waals surface area contributed by atoms with E-state index in [4.69, 9.17) is 5.73 Å². The zero-order valence-corrected chi connectivity index (χ0v) is 11.5. The van der Waals surface area contributed by atoms with Gasteiger partial charge in [-0.25, -0.2) is 9.37 Å². The van der Waals surface area contributed by atoms with Gasteiger partial charge in [0.15, 0.2) is 0 Å². The van der Waals surface area contributed by atoms with Crippen molar-refractivity contribution in [2.24, 2.45) is 5.73 Å². The monoisotopic (exact) mass is 284 g/mol. The number of nitrogens with zero attached hydrogens (tertiary/aromatic N) is 1. The number of aromatic nitrogens is 1. The zero-order chi connectivity index (χ0) is 13.9. The van der Waals surface area contributed by atoms with Crippen LogP contribution in [0.1, 0.15) is 5.01 Å². The first-order chi connectivity index (χ1) is 9.79. The lowest BCUT2D eigenvalue weighted by Gasteiger charge is -2.03. The zero-order valence-electron chi connectivity index (χ0n) is 10.7. The molecule has 1 aromatic heterocycles. The predicted octanol–water partition coefficient (Wildman–Crippen LogP) is 4.07. The molecule has 2 N–H and O–H groups in total. The molecule has 0 radical (unpaired) electrons. The van der Waals surface area contributed by atoms with E-state index >= 15 is 0 Å². The highest BCUT2D eigenvalue weighted by Crippen LogP contribution is 2.37. The standard InChI is InChI=1S/C16H13FN2S/c17-13-9-5-4-8-12(13)16-15(19-14(10-18)20-16)11-6-2-1-3-7-11/h1-9H,10,18H2.